The second kappa shape index (κ2) is 4.35. The van der Waals surface area contributed by atoms with Gasteiger partial charge >= 0.3 is 0 Å². The lowest BCUT2D eigenvalue weighted by Crippen LogP contribution is -1.77. The highest BCUT2D eigenvalue weighted by Crippen LogP contribution is 2.09. The highest BCUT2D eigenvalue weighted by Gasteiger charge is 1.89. The molecule has 58 valence electrons. The Morgan fingerprint density at radius 2 is 1.82 bits per heavy atom. The molecule has 0 heterocycles. The summed E-state index contributed by atoms with van der Waals surface area (Å²) in [7, 11) is 0. The van der Waals surface area contributed by atoms with E-state index >= 15 is 0 Å². The third-order valence-electron chi connectivity index (χ3n) is 1.22. The SMILES string of the molecule is C.N#CCc1ccc(O)cc1. The van der Waals surface area contributed by atoms with E-state index in [4.69, 9.17) is 10.4 Å². The lowest BCUT2D eigenvalue weighted by atomic mass is 10.2. The molecule has 0 saturated carbocycles. The van der Waals surface area contributed by atoms with Gasteiger partial charge < -0.3 is 5.11 Å². The molecule has 1 aromatic rings. The molecule has 0 aromatic heterocycles. The van der Waals surface area contributed by atoms with Crippen molar-refractivity contribution in [3.05, 3.63) is 29.8 Å². The molecule has 0 aliphatic rings. The van der Waals surface area contributed by atoms with Crippen LogP contribution in [0, 0.1) is 11.3 Å². The summed E-state index contributed by atoms with van der Waals surface area (Å²) in [5.41, 5.74) is 0.931. The van der Waals surface area contributed by atoms with E-state index in [0.29, 0.717) is 6.42 Å². The number of hydrogen-bond donors (Lipinski definition) is 1. The molecule has 0 fully saturated rings. The second-order valence-corrected chi connectivity index (χ2v) is 2.00. The first-order valence-corrected chi connectivity index (χ1v) is 2.98. The molecule has 0 radical (unpaired) electrons. The zero-order valence-corrected chi connectivity index (χ0v) is 5.41. The smallest absolute Gasteiger partial charge is 0.115 e. The third-order valence-corrected chi connectivity index (χ3v) is 1.22. The van der Waals surface area contributed by atoms with E-state index in [-0.39, 0.29) is 13.2 Å². The van der Waals surface area contributed by atoms with Gasteiger partial charge in [-0.05, 0) is 17.7 Å². The van der Waals surface area contributed by atoms with E-state index in [1.807, 2.05) is 6.07 Å². The van der Waals surface area contributed by atoms with Gasteiger partial charge in [0, 0.05) is 0 Å². The zero-order chi connectivity index (χ0) is 7.40. The van der Waals surface area contributed by atoms with Gasteiger partial charge in [0.2, 0.25) is 0 Å². The van der Waals surface area contributed by atoms with Crippen molar-refractivity contribution in [2.75, 3.05) is 0 Å². The molecule has 0 aliphatic carbocycles. The van der Waals surface area contributed by atoms with E-state index in [1.54, 1.807) is 24.3 Å². The molecule has 0 spiro atoms. The van der Waals surface area contributed by atoms with Crippen LogP contribution in [-0.2, 0) is 6.42 Å². The molecule has 0 saturated heterocycles. The largest absolute Gasteiger partial charge is 0.508 e. The predicted octanol–water partition coefficient (Wildman–Crippen LogP) is 2.09. The maximum Gasteiger partial charge on any atom is 0.115 e. The Morgan fingerprint density at radius 3 is 2.27 bits per heavy atom. The minimum atomic E-state index is 0. The predicted molar refractivity (Wildman–Crippen MR) is 44.2 cm³/mol. The van der Waals surface area contributed by atoms with Crippen LogP contribution in [-0.4, -0.2) is 5.11 Å². The van der Waals surface area contributed by atoms with Gasteiger partial charge in [0.1, 0.15) is 5.75 Å². The molecule has 11 heavy (non-hydrogen) atoms. The first kappa shape index (κ1) is 9.51. The molecule has 2 nitrogen and oxygen atoms in total. The third kappa shape index (κ3) is 2.72. The summed E-state index contributed by atoms with van der Waals surface area (Å²) < 4.78 is 0. The van der Waals surface area contributed by atoms with Crippen LogP contribution >= 0.6 is 0 Å². The van der Waals surface area contributed by atoms with E-state index in [1.165, 1.54) is 0 Å². The number of hydrogen-bond acceptors (Lipinski definition) is 2. The minimum Gasteiger partial charge on any atom is -0.508 e. The molecular weight excluding hydrogens is 138 g/mol. The highest BCUT2D eigenvalue weighted by molar-refractivity contribution is 5.27. The van der Waals surface area contributed by atoms with Gasteiger partial charge in [0.15, 0.2) is 0 Å². The Bertz CT molecular complexity index is 245. The molecule has 1 N–H and O–H groups in total. The van der Waals surface area contributed by atoms with Crippen molar-refractivity contribution in [3.63, 3.8) is 0 Å². The summed E-state index contributed by atoms with van der Waals surface area (Å²) in [6, 6.07) is 8.64. The van der Waals surface area contributed by atoms with Crippen LogP contribution in [0.2, 0.25) is 0 Å². The number of phenolic OH excluding ortho intramolecular Hbond substituents is 1. The fourth-order valence-electron chi connectivity index (χ4n) is 0.705. The normalized spacial score (nSPS) is 7.91. The Kier molecular flexibility index (Phi) is 3.76. The van der Waals surface area contributed by atoms with Crippen molar-refractivity contribution in [2.24, 2.45) is 0 Å². The van der Waals surface area contributed by atoms with E-state index in [0.717, 1.165) is 5.56 Å². The molecule has 0 unspecified atom stereocenters. The minimum absolute atomic E-state index is 0. The number of benzene rings is 1. The Balaban J connectivity index is 0.000001000. The van der Waals surface area contributed by atoms with Gasteiger partial charge in [-0.2, -0.15) is 5.26 Å². The maximum absolute atomic E-state index is 8.84. The van der Waals surface area contributed by atoms with Gasteiger partial charge in [-0.25, -0.2) is 0 Å². The topological polar surface area (TPSA) is 44.0 Å². The van der Waals surface area contributed by atoms with Crippen molar-refractivity contribution in [1.29, 1.82) is 5.26 Å². The molecule has 0 amide bonds. The zero-order valence-electron chi connectivity index (χ0n) is 5.41. The molecule has 2 heteroatoms. The van der Waals surface area contributed by atoms with Crippen LogP contribution < -0.4 is 0 Å². The maximum atomic E-state index is 8.84. The molecule has 1 aromatic carbocycles. The van der Waals surface area contributed by atoms with Crippen molar-refractivity contribution < 1.29 is 5.11 Å². The van der Waals surface area contributed by atoms with Gasteiger partial charge in [0.25, 0.3) is 0 Å². The van der Waals surface area contributed by atoms with Crippen LogP contribution in [0.5, 0.6) is 5.75 Å². The monoisotopic (exact) mass is 149 g/mol. The average Bonchev–Trinajstić information content (AvgIpc) is 1.95. The molecule has 0 bridgehead atoms. The molecule has 0 aliphatic heterocycles. The molecular formula is C9H11NO. The fraction of sp³-hybridized carbons (Fsp3) is 0.222. The fourth-order valence-corrected chi connectivity index (χ4v) is 0.705. The van der Waals surface area contributed by atoms with Gasteiger partial charge in [-0.15, -0.1) is 0 Å². The average molecular weight is 149 g/mol. The first-order valence-electron chi connectivity index (χ1n) is 2.98. The van der Waals surface area contributed by atoms with Gasteiger partial charge in [-0.1, -0.05) is 19.6 Å². The number of nitrogens with zero attached hydrogens (tertiary/aromatic N) is 1. The molecule has 1 rings (SSSR count). The number of rotatable bonds is 1. The van der Waals surface area contributed by atoms with Crippen molar-refractivity contribution in [1.82, 2.24) is 0 Å². The quantitative estimate of drug-likeness (QED) is 0.664. The van der Waals surface area contributed by atoms with Gasteiger partial charge in [-0.3, -0.25) is 0 Å². The Hall–Kier alpha value is -1.49. The summed E-state index contributed by atoms with van der Waals surface area (Å²) >= 11 is 0. The van der Waals surface area contributed by atoms with E-state index in [9.17, 15) is 0 Å². The van der Waals surface area contributed by atoms with Crippen LogP contribution in [0.3, 0.4) is 0 Å². The lowest BCUT2D eigenvalue weighted by molar-refractivity contribution is 0.475. The van der Waals surface area contributed by atoms with E-state index < -0.39 is 0 Å². The van der Waals surface area contributed by atoms with Crippen LogP contribution in [0.25, 0.3) is 0 Å². The summed E-state index contributed by atoms with van der Waals surface area (Å²) in [5.74, 6) is 0.238. The van der Waals surface area contributed by atoms with Crippen LogP contribution in [0.1, 0.15) is 13.0 Å². The second-order valence-electron chi connectivity index (χ2n) is 2.00. The number of phenols is 1. The summed E-state index contributed by atoms with van der Waals surface area (Å²) in [5, 5.41) is 17.1. The van der Waals surface area contributed by atoms with Crippen molar-refractivity contribution in [2.45, 2.75) is 13.8 Å². The standard InChI is InChI=1S/C8H7NO.CH4/c9-6-5-7-1-3-8(10)4-2-7;/h1-4,10H,5H2;1H4. The first-order chi connectivity index (χ1) is 4.83. The van der Waals surface area contributed by atoms with Gasteiger partial charge in [0.05, 0.1) is 12.5 Å². The number of nitriles is 1. The van der Waals surface area contributed by atoms with Crippen molar-refractivity contribution >= 4 is 0 Å². The summed E-state index contributed by atoms with van der Waals surface area (Å²) in [6.07, 6.45) is 0.403. The summed E-state index contributed by atoms with van der Waals surface area (Å²) in [6.45, 7) is 0. The van der Waals surface area contributed by atoms with Crippen LogP contribution in [0.4, 0.5) is 0 Å². The molecule has 0 atom stereocenters. The Labute approximate surface area is 66.7 Å². The van der Waals surface area contributed by atoms with Crippen LogP contribution in [0.15, 0.2) is 24.3 Å². The highest BCUT2D eigenvalue weighted by atomic mass is 16.3. The number of aromatic hydroxyl groups is 1. The summed E-state index contributed by atoms with van der Waals surface area (Å²) in [4.78, 5) is 0. The lowest BCUT2D eigenvalue weighted by Gasteiger charge is -1.92. The Morgan fingerprint density at radius 1 is 1.27 bits per heavy atom. The van der Waals surface area contributed by atoms with Crippen molar-refractivity contribution in [3.8, 4) is 11.8 Å². The van der Waals surface area contributed by atoms with E-state index in [2.05, 4.69) is 0 Å².